The third-order valence-electron chi connectivity index (χ3n) is 2.55. The van der Waals surface area contributed by atoms with E-state index < -0.39 is 34.9 Å². The van der Waals surface area contributed by atoms with Gasteiger partial charge in [0.2, 0.25) is 0 Å². The van der Waals surface area contributed by atoms with Crippen LogP contribution >= 0.6 is 0 Å². The average molecular weight is 292 g/mol. The zero-order valence-electron chi connectivity index (χ0n) is 10.3. The second-order valence-corrected chi connectivity index (χ2v) is 3.87. The molecule has 110 valence electrons. The SMILES string of the molecule is CCN(CC(=O)O)c1ccc(C(F)(F)F)cc1[N+](=O)[O-]. The molecular weight excluding hydrogens is 281 g/mol. The lowest BCUT2D eigenvalue weighted by Crippen LogP contribution is -2.30. The van der Waals surface area contributed by atoms with E-state index in [1.165, 1.54) is 0 Å². The van der Waals surface area contributed by atoms with Crippen LogP contribution in [0.15, 0.2) is 18.2 Å². The Bertz CT molecular complexity index is 531. The number of anilines is 1. The van der Waals surface area contributed by atoms with Gasteiger partial charge < -0.3 is 10.0 Å². The maximum absolute atomic E-state index is 12.5. The summed E-state index contributed by atoms with van der Waals surface area (Å²) in [4.78, 5) is 21.7. The van der Waals surface area contributed by atoms with Gasteiger partial charge >= 0.3 is 12.1 Å². The second kappa shape index (κ2) is 5.76. The lowest BCUT2D eigenvalue weighted by molar-refractivity contribution is -0.384. The van der Waals surface area contributed by atoms with E-state index in [2.05, 4.69) is 0 Å². The first kappa shape index (κ1) is 15.7. The molecule has 0 saturated heterocycles. The van der Waals surface area contributed by atoms with Crippen LogP contribution in [0.3, 0.4) is 0 Å². The average Bonchev–Trinajstić information content (AvgIpc) is 2.33. The van der Waals surface area contributed by atoms with Gasteiger partial charge in [0.1, 0.15) is 12.2 Å². The smallest absolute Gasteiger partial charge is 0.416 e. The molecule has 0 spiro atoms. The maximum Gasteiger partial charge on any atom is 0.416 e. The fourth-order valence-corrected chi connectivity index (χ4v) is 1.64. The third-order valence-corrected chi connectivity index (χ3v) is 2.55. The van der Waals surface area contributed by atoms with Gasteiger partial charge in [0.25, 0.3) is 5.69 Å². The van der Waals surface area contributed by atoms with Gasteiger partial charge in [-0.1, -0.05) is 0 Å². The highest BCUT2D eigenvalue weighted by Crippen LogP contribution is 2.36. The number of hydrogen-bond donors (Lipinski definition) is 1. The summed E-state index contributed by atoms with van der Waals surface area (Å²) in [5.41, 5.74) is -2.09. The van der Waals surface area contributed by atoms with E-state index in [9.17, 15) is 28.1 Å². The number of halogens is 3. The summed E-state index contributed by atoms with van der Waals surface area (Å²) in [5, 5.41) is 19.6. The third kappa shape index (κ3) is 3.59. The quantitative estimate of drug-likeness (QED) is 0.666. The molecule has 1 rings (SSSR count). The van der Waals surface area contributed by atoms with Crippen LogP contribution in [0.1, 0.15) is 12.5 Å². The normalized spacial score (nSPS) is 11.2. The van der Waals surface area contributed by atoms with E-state index in [1.807, 2.05) is 0 Å². The molecule has 0 amide bonds. The first-order chi connectivity index (χ1) is 9.16. The first-order valence-corrected chi connectivity index (χ1v) is 5.49. The van der Waals surface area contributed by atoms with E-state index >= 15 is 0 Å². The molecule has 0 heterocycles. The molecule has 0 fully saturated rings. The van der Waals surface area contributed by atoms with Gasteiger partial charge in [0, 0.05) is 12.6 Å². The molecule has 0 aliphatic heterocycles. The number of carboxylic acids is 1. The Balaban J connectivity index is 3.32. The molecule has 20 heavy (non-hydrogen) atoms. The van der Waals surface area contributed by atoms with Crippen LogP contribution in [-0.4, -0.2) is 29.1 Å². The van der Waals surface area contributed by atoms with Crippen LogP contribution in [-0.2, 0) is 11.0 Å². The number of nitrogens with zero attached hydrogens (tertiary/aromatic N) is 2. The fourth-order valence-electron chi connectivity index (χ4n) is 1.64. The minimum atomic E-state index is -4.70. The van der Waals surface area contributed by atoms with Crippen molar-refractivity contribution in [1.82, 2.24) is 0 Å². The Labute approximate surface area is 111 Å². The molecule has 1 aromatic rings. The summed E-state index contributed by atoms with van der Waals surface area (Å²) in [7, 11) is 0. The molecule has 0 saturated carbocycles. The Morgan fingerprint density at radius 1 is 1.45 bits per heavy atom. The number of benzene rings is 1. The molecule has 0 bridgehead atoms. The summed E-state index contributed by atoms with van der Waals surface area (Å²) in [6.07, 6.45) is -4.70. The molecule has 1 aromatic carbocycles. The monoisotopic (exact) mass is 292 g/mol. The van der Waals surface area contributed by atoms with Crippen molar-refractivity contribution in [3.8, 4) is 0 Å². The molecule has 9 heteroatoms. The number of carbonyl (C=O) groups is 1. The fraction of sp³-hybridized carbons (Fsp3) is 0.364. The van der Waals surface area contributed by atoms with E-state index in [0.29, 0.717) is 12.1 Å². The number of aliphatic carboxylic acids is 1. The molecular formula is C11H11F3N2O4. The van der Waals surface area contributed by atoms with Crippen molar-refractivity contribution in [2.75, 3.05) is 18.0 Å². The molecule has 6 nitrogen and oxygen atoms in total. The molecule has 1 N–H and O–H groups in total. The van der Waals surface area contributed by atoms with E-state index in [1.54, 1.807) is 6.92 Å². The summed E-state index contributed by atoms with van der Waals surface area (Å²) in [6.45, 7) is 1.12. The molecule has 0 atom stereocenters. The van der Waals surface area contributed by atoms with Gasteiger partial charge in [0.05, 0.1) is 10.5 Å². The van der Waals surface area contributed by atoms with Crippen molar-refractivity contribution in [2.45, 2.75) is 13.1 Å². The van der Waals surface area contributed by atoms with Crippen molar-refractivity contribution < 1.29 is 28.0 Å². The Hall–Kier alpha value is -2.32. The van der Waals surface area contributed by atoms with Crippen LogP contribution in [0.5, 0.6) is 0 Å². The zero-order valence-corrected chi connectivity index (χ0v) is 10.3. The number of hydrogen-bond acceptors (Lipinski definition) is 4. The summed E-state index contributed by atoms with van der Waals surface area (Å²) in [5.74, 6) is -1.24. The van der Waals surface area contributed by atoms with Crippen LogP contribution < -0.4 is 4.90 Å². The lowest BCUT2D eigenvalue weighted by Gasteiger charge is -2.21. The highest BCUT2D eigenvalue weighted by molar-refractivity contribution is 5.76. The van der Waals surface area contributed by atoms with Crippen molar-refractivity contribution in [2.24, 2.45) is 0 Å². The highest BCUT2D eigenvalue weighted by Gasteiger charge is 2.33. The lowest BCUT2D eigenvalue weighted by atomic mass is 10.1. The first-order valence-electron chi connectivity index (χ1n) is 5.49. The molecule has 0 aliphatic rings. The van der Waals surface area contributed by atoms with Gasteiger partial charge in [-0.25, -0.2) is 0 Å². The maximum atomic E-state index is 12.5. The van der Waals surface area contributed by atoms with Gasteiger partial charge in [-0.15, -0.1) is 0 Å². The molecule has 0 aromatic heterocycles. The van der Waals surface area contributed by atoms with E-state index in [-0.39, 0.29) is 12.2 Å². The Kier molecular flexibility index (Phi) is 4.53. The van der Waals surface area contributed by atoms with E-state index in [4.69, 9.17) is 5.11 Å². The standard InChI is InChI=1S/C11H11F3N2O4/c1-2-15(6-10(17)18)8-4-3-7(11(12,13)14)5-9(8)16(19)20/h3-5H,2,6H2,1H3,(H,17,18). The summed E-state index contributed by atoms with van der Waals surface area (Å²) in [6, 6.07) is 2.00. The zero-order chi connectivity index (χ0) is 15.5. The molecule has 0 unspecified atom stereocenters. The topological polar surface area (TPSA) is 83.7 Å². The predicted molar refractivity (Wildman–Crippen MR) is 63.6 cm³/mol. The van der Waals surface area contributed by atoms with Crippen LogP contribution in [0, 0.1) is 10.1 Å². The van der Waals surface area contributed by atoms with Crippen LogP contribution in [0.4, 0.5) is 24.5 Å². The molecule has 0 radical (unpaired) electrons. The van der Waals surface area contributed by atoms with Gasteiger partial charge in [-0.3, -0.25) is 14.9 Å². The predicted octanol–water partition coefficient (Wildman–Crippen LogP) is 2.52. The van der Waals surface area contributed by atoms with Crippen molar-refractivity contribution in [3.63, 3.8) is 0 Å². The number of carboxylic acid groups (broad SMARTS) is 1. The van der Waals surface area contributed by atoms with Crippen molar-refractivity contribution >= 4 is 17.3 Å². The van der Waals surface area contributed by atoms with Gasteiger partial charge in [0.15, 0.2) is 0 Å². The van der Waals surface area contributed by atoms with E-state index in [0.717, 1.165) is 11.0 Å². The number of alkyl halides is 3. The van der Waals surface area contributed by atoms with Crippen molar-refractivity contribution in [3.05, 3.63) is 33.9 Å². The largest absolute Gasteiger partial charge is 0.480 e. The molecule has 0 aliphatic carbocycles. The Morgan fingerprint density at radius 3 is 2.45 bits per heavy atom. The number of nitro groups is 1. The number of nitro benzene ring substituents is 1. The summed E-state index contributed by atoms with van der Waals surface area (Å²) < 4.78 is 37.6. The minimum Gasteiger partial charge on any atom is -0.480 e. The van der Waals surface area contributed by atoms with Crippen molar-refractivity contribution in [1.29, 1.82) is 0 Å². The van der Waals surface area contributed by atoms with Crippen LogP contribution in [0.25, 0.3) is 0 Å². The Morgan fingerprint density at radius 2 is 2.05 bits per heavy atom. The highest BCUT2D eigenvalue weighted by atomic mass is 19.4. The number of likely N-dealkylation sites (N-methyl/N-ethyl adjacent to an activating group) is 1. The minimum absolute atomic E-state index is 0.110. The van der Waals surface area contributed by atoms with Crippen LogP contribution in [0.2, 0.25) is 0 Å². The summed E-state index contributed by atoms with van der Waals surface area (Å²) >= 11 is 0. The van der Waals surface area contributed by atoms with Gasteiger partial charge in [-0.05, 0) is 19.1 Å². The second-order valence-electron chi connectivity index (χ2n) is 3.87. The van der Waals surface area contributed by atoms with Gasteiger partial charge in [-0.2, -0.15) is 13.2 Å². The number of rotatable bonds is 5.